The predicted molar refractivity (Wildman–Crippen MR) is 72.7 cm³/mol. The molecule has 1 unspecified atom stereocenters. The first kappa shape index (κ1) is 14.0. The second kappa shape index (κ2) is 6.65. The van der Waals surface area contributed by atoms with Crippen molar-refractivity contribution in [2.24, 2.45) is 0 Å². The van der Waals surface area contributed by atoms with E-state index in [-0.39, 0.29) is 11.9 Å². The molecule has 19 heavy (non-hydrogen) atoms. The van der Waals surface area contributed by atoms with Crippen molar-refractivity contribution in [3.63, 3.8) is 0 Å². The molecule has 2 rings (SSSR count). The summed E-state index contributed by atoms with van der Waals surface area (Å²) in [6, 6.07) is -0.0921. The molecule has 1 aromatic heterocycles. The largest absolute Gasteiger partial charge is 0.345 e. The summed E-state index contributed by atoms with van der Waals surface area (Å²) < 4.78 is 2.17. The fourth-order valence-corrected chi connectivity index (χ4v) is 2.42. The minimum atomic E-state index is -0.0921. The lowest BCUT2D eigenvalue weighted by molar-refractivity contribution is -0.120. The molecule has 1 atom stereocenters. The lowest BCUT2D eigenvalue weighted by atomic mass is 10.2. The molecule has 6 nitrogen and oxygen atoms in total. The highest BCUT2D eigenvalue weighted by Gasteiger charge is 2.20. The third-order valence-corrected chi connectivity index (χ3v) is 3.44. The van der Waals surface area contributed by atoms with Gasteiger partial charge in [0, 0.05) is 13.0 Å². The molecule has 6 heteroatoms. The zero-order valence-corrected chi connectivity index (χ0v) is 11.8. The van der Waals surface area contributed by atoms with Crippen LogP contribution in [0.2, 0.25) is 0 Å². The standard InChI is InChI=1S/C13H23N5O/c1-3-14-9-12(19)15-10(2)13-17-16-11-7-5-4-6-8-18(11)13/h10,14H,3-9H2,1-2H3,(H,15,19). The minimum Gasteiger partial charge on any atom is -0.345 e. The summed E-state index contributed by atoms with van der Waals surface area (Å²) in [6.07, 6.45) is 4.57. The summed E-state index contributed by atoms with van der Waals surface area (Å²) in [6.45, 7) is 6.05. The average Bonchev–Trinajstić information content (AvgIpc) is 2.66. The first-order valence-corrected chi connectivity index (χ1v) is 7.14. The van der Waals surface area contributed by atoms with Crippen molar-refractivity contribution in [1.29, 1.82) is 0 Å². The maximum absolute atomic E-state index is 11.7. The molecular weight excluding hydrogens is 242 g/mol. The molecule has 2 N–H and O–H groups in total. The topological polar surface area (TPSA) is 71.8 Å². The minimum absolute atomic E-state index is 0.000298. The van der Waals surface area contributed by atoms with E-state index in [1.165, 1.54) is 12.8 Å². The van der Waals surface area contributed by atoms with Crippen LogP contribution >= 0.6 is 0 Å². The first-order valence-electron chi connectivity index (χ1n) is 7.14. The molecule has 106 valence electrons. The zero-order valence-electron chi connectivity index (χ0n) is 11.8. The Morgan fingerprint density at radius 1 is 1.37 bits per heavy atom. The molecule has 1 aliphatic heterocycles. The lowest BCUT2D eigenvalue weighted by Crippen LogP contribution is -2.36. The van der Waals surface area contributed by atoms with Crippen molar-refractivity contribution in [1.82, 2.24) is 25.4 Å². The number of likely N-dealkylation sites (N-methyl/N-ethyl adjacent to an activating group) is 1. The maximum atomic E-state index is 11.7. The highest BCUT2D eigenvalue weighted by Crippen LogP contribution is 2.18. The third-order valence-electron chi connectivity index (χ3n) is 3.44. The zero-order chi connectivity index (χ0) is 13.7. The maximum Gasteiger partial charge on any atom is 0.234 e. The summed E-state index contributed by atoms with van der Waals surface area (Å²) in [5.74, 6) is 1.93. The number of aromatic nitrogens is 3. The molecule has 0 bridgehead atoms. The van der Waals surface area contributed by atoms with Gasteiger partial charge in [0.15, 0.2) is 5.82 Å². The van der Waals surface area contributed by atoms with Gasteiger partial charge in [0.2, 0.25) is 5.91 Å². The van der Waals surface area contributed by atoms with Gasteiger partial charge in [-0.15, -0.1) is 10.2 Å². The number of nitrogens with one attached hydrogen (secondary N) is 2. The van der Waals surface area contributed by atoms with Crippen LogP contribution in [0.15, 0.2) is 0 Å². The Kier molecular flexibility index (Phi) is 4.90. The predicted octanol–water partition coefficient (Wildman–Crippen LogP) is 0.791. The van der Waals surface area contributed by atoms with Gasteiger partial charge in [0.05, 0.1) is 12.6 Å². The molecule has 0 aromatic carbocycles. The Balaban J connectivity index is 2.01. The Bertz CT molecular complexity index is 429. The van der Waals surface area contributed by atoms with Gasteiger partial charge in [0.1, 0.15) is 5.82 Å². The molecule has 1 amide bonds. The summed E-state index contributed by atoms with van der Waals surface area (Å²) in [5, 5.41) is 14.5. The second-order valence-electron chi connectivity index (χ2n) is 5.01. The molecule has 0 saturated carbocycles. The first-order chi connectivity index (χ1) is 9.22. The van der Waals surface area contributed by atoms with Gasteiger partial charge in [-0.1, -0.05) is 13.3 Å². The highest BCUT2D eigenvalue weighted by atomic mass is 16.2. The van der Waals surface area contributed by atoms with E-state index in [4.69, 9.17) is 0 Å². The van der Waals surface area contributed by atoms with E-state index in [2.05, 4.69) is 25.4 Å². The second-order valence-corrected chi connectivity index (χ2v) is 5.01. The number of nitrogens with zero attached hydrogens (tertiary/aromatic N) is 3. The van der Waals surface area contributed by atoms with Crippen molar-refractivity contribution in [3.05, 3.63) is 11.6 Å². The molecule has 0 aliphatic carbocycles. The average molecular weight is 265 g/mol. The Morgan fingerprint density at radius 2 is 2.21 bits per heavy atom. The molecule has 1 aliphatic rings. The third kappa shape index (κ3) is 3.53. The molecular formula is C13H23N5O. The van der Waals surface area contributed by atoms with Crippen molar-refractivity contribution in [3.8, 4) is 0 Å². The summed E-state index contributed by atoms with van der Waals surface area (Å²) >= 11 is 0. The van der Waals surface area contributed by atoms with Crippen molar-refractivity contribution in [2.75, 3.05) is 13.1 Å². The van der Waals surface area contributed by atoms with E-state index < -0.39 is 0 Å². The fraction of sp³-hybridized carbons (Fsp3) is 0.769. The quantitative estimate of drug-likeness (QED) is 0.825. The number of amides is 1. The van der Waals surface area contributed by atoms with E-state index in [0.29, 0.717) is 6.54 Å². The van der Waals surface area contributed by atoms with Crippen LogP contribution < -0.4 is 10.6 Å². The van der Waals surface area contributed by atoms with Crippen LogP contribution in [0.5, 0.6) is 0 Å². The van der Waals surface area contributed by atoms with Gasteiger partial charge in [0.25, 0.3) is 0 Å². The van der Waals surface area contributed by atoms with E-state index in [1.54, 1.807) is 0 Å². The number of aryl methyl sites for hydroxylation is 1. The van der Waals surface area contributed by atoms with E-state index in [9.17, 15) is 4.79 Å². The van der Waals surface area contributed by atoms with E-state index in [0.717, 1.165) is 37.6 Å². The summed E-state index contributed by atoms with van der Waals surface area (Å²) in [5.41, 5.74) is 0. The Morgan fingerprint density at radius 3 is 3.00 bits per heavy atom. The van der Waals surface area contributed by atoms with Crippen LogP contribution in [0.4, 0.5) is 0 Å². The van der Waals surface area contributed by atoms with Crippen molar-refractivity contribution < 1.29 is 4.79 Å². The summed E-state index contributed by atoms with van der Waals surface area (Å²) in [4.78, 5) is 11.7. The fourth-order valence-electron chi connectivity index (χ4n) is 2.42. The Labute approximate surface area is 114 Å². The van der Waals surface area contributed by atoms with E-state index in [1.807, 2.05) is 13.8 Å². The van der Waals surface area contributed by atoms with Gasteiger partial charge in [-0.25, -0.2) is 0 Å². The molecule has 2 heterocycles. The van der Waals surface area contributed by atoms with Crippen LogP contribution in [0.1, 0.15) is 50.8 Å². The van der Waals surface area contributed by atoms with Gasteiger partial charge in [-0.05, 0) is 26.3 Å². The van der Waals surface area contributed by atoms with Crippen LogP contribution in [0.25, 0.3) is 0 Å². The van der Waals surface area contributed by atoms with Crippen LogP contribution in [0, 0.1) is 0 Å². The summed E-state index contributed by atoms with van der Waals surface area (Å²) in [7, 11) is 0. The molecule has 1 aromatic rings. The van der Waals surface area contributed by atoms with Crippen molar-refractivity contribution in [2.45, 2.75) is 52.1 Å². The lowest BCUT2D eigenvalue weighted by Gasteiger charge is -2.15. The van der Waals surface area contributed by atoms with Gasteiger partial charge in [-0.2, -0.15) is 0 Å². The van der Waals surface area contributed by atoms with Crippen molar-refractivity contribution >= 4 is 5.91 Å². The normalized spacial score (nSPS) is 16.5. The van der Waals surface area contributed by atoms with E-state index >= 15 is 0 Å². The smallest absolute Gasteiger partial charge is 0.234 e. The number of fused-ring (bicyclic) bond motifs is 1. The number of hydrogen-bond donors (Lipinski definition) is 2. The SMILES string of the molecule is CCNCC(=O)NC(C)c1nnc2n1CCCCC2. The number of carbonyl (C=O) groups is 1. The van der Waals surface area contributed by atoms with Crippen LogP contribution in [0.3, 0.4) is 0 Å². The van der Waals surface area contributed by atoms with Gasteiger partial charge < -0.3 is 15.2 Å². The number of carbonyl (C=O) groups excluding carboxylic acids is 1. The molecule has 0 fully saturated rings. The molecule has 0 radical (unpaired) electrons. The molecule has 0 spiro atoms. The number of rotatable bonds is 5. The Hall–Kier alpha value is -1.43. The highest BCUT2D eigenvalue weighted by molar-refractivity contribution is 5.78. The monoisotopic (exact) mass is 265 g/mol. The molecule has 0 saturated heterocycles. The van der Waals surface area contributed by atoms with Crippen LogP contribution in [-0.4, -0.2) is 33.8 Å². The number of hydrogen-bond acceptors (Lipinski definition) is 4. The van der Waals surface area contributed by atoms with Crippen LogP contribution in [-0.2, 0) is 17.8 Å². The van der Waals surface area contributed by atoms with Gasteiger partial charge in [-0.3, -0.25) is 4.79 Å². The van der Waals surface area contributed by atoms with Gasteiger partial charge >= 0.3 is 0 Å².